The number of amides is 1. The van der Waals surface area contributed by atoms with Gasteiger partial charge in [-0.15, -0.1) is 5.10 Å². The molecule has 1 aromatic carbocycles. The van der Waals surface area contributed by atoms with Crippen molar-refractivity contribution in [2.24, 2.45) is 12.8 Å². The molecule has 0 saturated heterocycles. The summed E-state index contributed by atoms with van der Waals surface area (Å²) >= 11 is 0. The fourth-order valence-corrected chi connectivity index (χ4v) is 2.03. The lowest BCUT2D eigenvalue weighted by molar-refractivity contribution is 0.100. The lowest BCUT2D eigenvalue weighted by atomic mass is 10.1. The summed E-state index contributed by atoms with van der Waals surface area (Å²) in [7, 11) is 1.70. The van der Waals surface area contributed by atoms with Crippen molar-refractivity contribution in [1.29, 1.82) is 0 Å². The predicted octanol–water partition coefficient (Wildman–Crippen LogP) is -0.328. The van der Waals surface area contributed by atoms with Crippen LogP contribution in [0.1, 0.15) is 15.9 Å². The zero-order valence-electron chi connectivity index (χ0n) is 11.2. The van der Waals surface area contributed by atoms with E-state index in [1.54, 1.807) is 31.3 Å². The number of fused-ring (bicyclic) bond motifs is 1. The van der Waals surface area contributed by atoms with Crippen molar-refractivity contribution in [1.82, 2.24) is 24.8 Å². The predicted molar refractivity (Wildman–Crippen MR) is 74.6 cm³/mol. The highest BCUT2D eigenvalue weighted by Gasteiger charge is 2.10. The number of aryl methyl sites for hydroxylation is 1. The summed E-state index contributed by atoms with van der Waals surface area (Å²) in [6, 6.07) is 6.67. The van der Waals surface area contributed by atoms with Gasteiger partial charge in [-0.25, -0.2) is 9.36 Å². The van der Waals surface area contributed by atoms with Crippen molar-refractivity contribution >= 4 is 16.9 Å². The molecule has 3 aromatic rings. The van der Waals surface area contributed by atoms with Crippen LogP contribution in [0.4, 0.5) is 0 Å². The first kappa shape index (κ1) is 13.0. The third-order valence-corrected chi connectivity index (χ3v) is 3.19. The van der Waals surface area contributed by atoms with Crippen LogP contribution in [0.25, 0.3) is 11.0 Å². The Balaban J connectivity index is 1.96. The Kier molecular flexibility index (Phi) is 2.98. The molecule has 0 aliphatic heterocycles. The van der Waals surface area contributed by atoms with Crippen LogP contribution in [0, 0.1) is 0 Å². The number of rotatable bonds is 3. The van der Waals surface area contributed by atoms with Gasteiger partial charge < -0.3 is 5.73 Å². The molecule has 8 heteroatoms. The first-order valence-electron chi connectivity index (χ1n) is 6.20. The van der Waals surface area contributed by atoms with Gasteiger partial charge in [0.15, 0.2) is 5.65 Å². The molecular weight excluding hydrogens is 272 g/mol. The fourth-order valence-electron chi connectivity index (χ4n) is 2.03. The molecule has 2 heterocycles. The van der Waals surface area contributed by atoms with E-state index in [-0.39, 0.29) is 12.1 Å². The standard InChI is InChI=1S/C13H12N6O2/c1-18-12-10(6-15-18)13(21)19(17-16-12)7-8-2-4-9(5-3-8)11(14)20/h2-6H,7H2,1H3,(H2,14,20). The van der Waals surface area contributed by atoms with Crippen LogP contribution in [0.15, 0.2) is 35.3 Å². The molecule has 0 unspecified atom stereocenters. The molecule has 21 heavy (non-hydrogen) atoms. The Morgan fingerprint density at radius 3 is 2.67 bits per heavy atom. The van der Waals surface area contributed by atoms with E-state index in [1.165, 1.54) is 15.6 Å². The molecule has 0 aliphatic rings. The summed E-state index contributed by atoms with van der Waals surface area (Å²) in [6.07, 6.45) is 1.47. The number of benzene rings is 1. The number of aromatic nitrogens is 5. The summed E-state index contributed by atoms with van der Waals surface area (Å²) in [5.41, 5.74) is 6.60. The maximum atomic E-state index is 12.3. The second-order valence-electron chi connectivity index (χ2n) is 4.62. The molecule has 0 atom stereocenters. The van der Waals surface area contributed by atoms with Crippen molar-refractivity contribution in [3.05, 3.63) is 51.9 Å². The highest BCUT2D eigenvalue weighted by Crippen LogP contribution is 2.06. The van der Waals surface area contributed by atoms with Gasteiger partial charge in [-0.05, 0) is 17.7 Å². The van der Waals surface area contributed by atoms with Crippen LogP contribution < -0.4 is 11.3 Å². The lowest BCUT2D eigenvalue weighted by Gasteiger charge is -2.04. The van der Waals surface area contributed by atoms with E-state index >= 15 is 0 Å². The second-order valence-corrected chi connectivity index (χ2v) is 4.62. The van der Waals surface area contributed by atoms with E-state index in [4.69, 9.17) is 5.73 Å². The van der Waals surface area contributed by atoms with Crippen LogP contribution >= 0.6 is 0 Å². The van der Waals surface area contributed by atoms with Gasteiger partial charge in [0.25, 0.3) is 5.56 Å². The average molecular weight is 284 g/mol. The molecule has 3 rings (SSSR count). The molecule has 0 fully saturated rings. The monoisotopic (exact) mass is 284 g/mol. The summed E-state index contributed by atoms with van der Waals surface area (Å²) in [5, 5.41) is 12.3. The van der Waals surface area contributed by atoms with Gasteiger partial charge in [-0.1, -0.05) is 17.3 Å². The highest BCUT2D eigenvalue weighted by atomic mass is 16.1. The molecule has 2 N–H and O–H groups in total. The molecule has 0 aliphatic carbocycles. The topological polar surface area (TPSA) is 109 Å². The zero-order valence-corrected chi connectivity index (χ0v) is 11.2. The van der Waals surface area contributed by atoms with Crippen molar-refractivity contribution in [2.45, 2.75) is 6.54 Å². The van der Waals surface area contributed by atoms with Crippen LogP contribution in [-0.4, -0.2) is 30.7 Å². The van der Waals surface area contributed by atoms with Gasteiger partial charge in [0, 0.05) is 12.6 Å². The van der Waals surface area contributed by atoms with E-state index in [0.29, 0.717) is 16.6 Å². The number of carbonyl (C=O) groups is 1. The largest absolute Gasteiger partial charge is 0.366 e. The lowest BCUT2D eigenvalue weighted by Crippen LogP contribution is -2.24. The van der Waals surface area contributed by atoms with Crippen molar-refractivity contribution in [3.63, 3.8) is 0 Å². The Bertz CT molecular complexity index is 878. The van der Waals surface area contributed by atoms with E-state index in [0.717, 1.165) is 5.56 Å². The Morgan fingerprint density at radius 1 is 1.29 bits per heavy atom. The molecule has 0 radical (unpaired) electrons. The molecule has 0 spiro atoms. The minimum atomic E-state index is -0.490. The van der Waals surface area contributed by atoms with Gasteiger partial charge in [-0.2, -0.15) is 5.10 Å². The minimum Gasteiger partial charge on any atom is -0.366 e. The zero-order chi connectivity index (χ0) is 15.0. The number of hydrogen-bond acceptors (Lipinski definition) is 5. The van der Waals surface area contributed by atoms with E-state index in [1.807, 2.05) is 0 Å². The fraction of sp³-hybridized carbons (Fsp3) is 0.154. The van der Waals surface area contributed by atoms with Gasteiger partial charge >= 0.3 is 0 Å². The summed E-state index contributed by atoms with van der Waals surface area (Å²) in [6.45, 7) is 0.260. The number of hydrogen-bond donors (Lipinski definition) is 1. The van der Waals surface area contributed by atoms with Crippen LogP contribution in [-0.2, 0) is 13.6 Å². The molecule has 0 saturated carbocycles. The van der Waals surface area contributed by atoms with Crippen molar-refractivity contribution in [3.8, 4) is 0 Å². The molecule has 1 amide bonds. The highest BCUT2D eigenvalue weighted by molar-refractivity contribution is 5.92. The van der Waals surface area contributed by atoms with Crippen LogP contribution in [0.2, 0.25) is 0 Å². The average Bonchev–Trinajstić information content (AvgIpc) is 2.85. The molecule has 106 valence electrons. The van der Waals surface area contributed by atoms with Gasteiger partial charge in [0.05, 0.1) is 12.7 Å². The minimum absolute atomic E-state index is 0.257. The number of nitrogens with zero attached hydrogens (tertiary/aromatic N) is 5. The number of carbonyl (C=O) groups excluding carboxylic acids is 1. The summed E-state index contributed by atoms with van der Waals surface area (Å²) < 4.78 is 2.75. The van der Waals surface area contributed by atoms with Crippen LogP contribution in [0.5, 0.6) is 0 Å². The van der Waals surface area contributed by atoms with E-state index in [2.05, 4.69) is 15.4 Å². The quantitative estimate of drug-likeness (QED) is 0.708. The molecular formula is C13H12N6O2. The van der Waals surface area contributed by atoms with Crippen LogP contribution in [0.3, 0.4) is 0 Å². The summed E-state index contributed by atoms with van der Waals surface area (Å²) in [4.78, 5) is 23.3. The molecule has 0 bridgehead atoms. The van der Waals surface area contributed by atoms with Gasteiger partial charge in [0.1, 0.15) is 5.39 Å². The third-order valence-electron chi connectivity index (χ3n) is 3.19. The Hall–Kier alpha value is -3.03. The summed E-state index contributed by atoms with van der Waals surface area (Å²) in [5.74, 6) is -0.490. The SMILES string of the molecule is Cn1ncc2c(=O)n(Cc3ccc(C(N)=O)cc3)nnc21. The Labute approximate surface area is 118 Å². The number of nitrogens with two attached hydrogens (primary N) is 1. The van der Waals surface area contributed by atoms with E-state index < -0.39 is 5.91 Å². The van der Waals surface area contributed by atoms with Gasteiger partial charge in [-0.3, -0.25) is 9.59 Å². The third kappa shape index (κ3) is 2.27. The smallest absolute Gasteiger partial charge is 0.281 e. The number of primary amides is 1. The first-order chi connectivity index (χ1) is 10.1. The maximum Gasteiger partial charge on any atom is 0.281 e. The molecule has 2 aromatic heterocycles. The Morgan fingerprint density at radius 2 is 2.00 bits per heavy atom. The van der Waals surface area contributed by atoms with Crippen molar-refractivity contribution in [2.75, 3.05) is 0 Å². The molecule has 8 nitrogen and oxygen atoms in total. The van der Waals surface area contributed by atoms with E-state index in [9.17, 15) is 9.59 Å². The first-order valence-corrected chi connectivity index (χ1v) is 6.20. The van der Waals surface area contributed by atoms with Crippen molar-refractivity contribution < 1.29 is 4.79 Å². The normalized spacial score (nSPS) is 10.9. The second kappa shape index (κ2) is 4.82. The van der Waals surface area contributed by atoms with Gasteiger partial charge in [0.2, 0.25) is 5.91 Å². The maximum absolute atomic E-state index is 12.3.